The molecule has 0 amide bonds. The first kappa shape index (κ1) is 14.4. The van der Waals surface area contributed by atoms with E-state index in [-0.39, 0.29) is 11.3 Å². The largest absolute Gasteiger partial charge is 0.478 e. The van der Waals surface area contributed by atoms with E-state index in [0.29, 0.717) is 23.5 Å². The summed E-state index contributed by atoms with van der Waals surface area (Å²) in [6.07, 6.45) is 2.36. The minimum atomic E-state index is -0.982. The molecule has 0 aliphatic rings. The Morgan fingerprint density at radius 2 is 1.94 bits per heavy atom. The highest BCUT2D eigenvalue weighted by Gasteiger charge is 2.12. The highest BCUT2D eigenvalue weighted by molar-refractivity contribution is 5.99. The molecule has 0 saturated carbocycles. The van der Waals surface area contributed by atoms with Crippen LogP contribution in [0.3, 0.4) is 0 Å². The van der Waals surface area contributed by atoms with Gasteiger partial charge in [0.15, 0.2) is 5.78 Å². The maximum atomic E-state index is 11.9. The van der Waals surface area contributed by atoms with Crippen LogP contribution in [-0.4, -0.2) is 16.9 Å². The van der Waals surface area contributed by atoms with Crippen LogP contribution in [0, 0.1) is 12.8 Å². The average molecular weight is 248 g/mol. The van der Waals surface area contributed by atoms with Gasteiger partial charge in [-0.05, 0) is 30.9 Å². The third-order valence-corrected chi connectivity index (χ3v) is 2.98. The van der Waals surface area contributed by atoms with E-state index in [0.717, 1.165) is 12.8 Å². The second-order valence-electron chi connectivity index (χ2n) is 5.04. The van der Waals surface area contributed by atoms with E-state index >= 15 is 0 Å². The first-order valence-electron chi connectivity index (χ1n) is 6.29. The Balaban J connectivity index is 2.74. The molecule has 3 heteroatoms. The molecule has 0 radical (unpaired) electrons. The fourth-order valence-electron chi connectivity index (χ4n) is 1.84. The maximum absolute atomic E-state index is 11.9. The van der Waals surface area contributed by atoms with Crippen LogP contribution in [-0.2, 0) is 0 Å². The van der Waals surface area contributed by atoms with Gasteiger partial charge in [0.2, 0.25) is 0 Å². The Bertz CT molecular complexity index is 447. The van der Waals surface area contributed by atoms with Crippen molar-refractivity contribution in [3.8, 4) is 0 Å². The van der Waals surface area contributed by atoms with Crippen molar-refractivity contribution in [1.29, 1.82) is 0 Å². The molecule has 0 aromatic heterocycles. The minimum absolute atomic E-state index is 0.0261. The third kappa shape index (κ3) is 3.99. The highest BCUT2D eigenvalue weighted by atomic mass is 16.4. The summed E-state index contributed by atoms with van der Waals surface area (Å²) in [4.78, 5) is 22.9. The van der Waals surface area contributed by atoms with Gasteiger partial charge in [0.25, 0.3) is 0 Å². The summed E-state index contributed by atoms with van der Waals surface area (Å²) in [5, 5.41) is 9.01. The predicted molar refractivity (Wildman–Crippen MR) is 71.2 cm³/mol. The fraction of sp³-hybridized carbons (Fsp3) is 0.467. The highest BCUT2D eigenvalue weighted by Crippen LogP contribution is 2.15. The van der Waals surface area contributed by atoms with Crippen LogP contribution >= 0.6 is 0 Å². The van der Waals surface area contributed by atoms with Crippen LogP contribution in [0.2, 0.25) is 0 Å². The summed E-state index contributed by atoms with van der Waals surface area (Å²) >= 11 is 0. The molecule has 3 nitrogen and oxygen atoms in total. The third-order valence-electron chi connectivity index (χ3n) is 2.98. The predicted octanol–water partition coefficient (Wildman–Crippen LogP) is 3.70. The number of carbonyl (C=O) groups is 2. The molecule has 1 aromatic carbocycles. The minimum Gasteiger partial charge on any atom is -0.478 e. The van der Waals surface area contributed by atoms with Gasteiger partial charge < -0.3 is 5.11 Å². The summed E-state index contributed by atoms with van der Waals surface area (Å²) < 4.78 is 0. The number of hydrogen-bond acceptors (Lipinski definition) is 2. The van der Waals surface area contributed by atoms with Crippen molar-refractivity contribution in [1.82, 2.24) is 0 Å². The zero-order valence-electron chi connectivity index (χ0n) is 11.2. The Labute approximate surface area is 108 Å². The Kier molecular flexibility index (Phi) is 5.08. The molecule has 0 aliphatic carbocycles. The topological polar surface area (TPSA) is 54.4 Å². The number of Topliss-reactive ketones (excluding diaryl/α,β-unsaturated/α-hetero) is 1. The van der Waals surface area contributed by atoms with Crippen molar-refractivity contribution in [2.45, 2.75) is 40.0 Å². The summed E-state index contributed by atoms with van der Waals surface area (Å²) in [6, 6.07) is 4.88. The SMILES string of the molecule is Cc1ccc(C(=O)CCCC(C)C)cc1C(=O)O. The first-order valence-corrected chi connectivity index (χ1v) is 6.29. The van der Waals surface area contributed by atoms with Gasteiger partial charge in [-0.2, -0.15) is 0 Å². The van der Waals surface area contributed by atoms with Gasteiger partial charge in [-0.3, -0.25) is 4.79 Å². The molecule has 0 heterocycles. The molecule has 1 N–H and O–H groups in total. The zero-order chi connectivity index (χ0) is 13.7. The molecule has 0 spiro atoms. The Morgan fingerprint density at radius 1 is 1.28 bits per heavy atom. The van der Waals surface area contributed by atoms with E-state index in [1.54, 1.807) is 19.1 Å². The number of aromatic carboxylic acids is 1. The van der Waals surface area contributed by atoms with Gasteiger partial charge in [0.05, 0.1) is 5.56 Å². The molecule has 0 saturated heterocycles. The van der Waals surface area contributed by atoms with E-state index in [1.807, 2.05) is 0 Å². The summed E-state index contributed by atoms with van der Waals surface area (Å²) in [6.45, 7) is 5.98. The van der Waals surface area contributed by atoms with Crippen LogP contribution < -0.4 is 0 Å². The fourth-order valence-corrected chi connectivity index (χ4v) is 1.84. The van der Waals surface area contributed by atoms with Gasteiger partial charge in [-0.1, -0.05) is 32.4 Å². The average Bonchev–Trinajstić information content (AvgIpc) is 2.28. The molecule has 18 heavy (non-hydrogen) atoms. The lowest BCUT2D eigenvalue weighted by Gasteiger charge is -2.06. The lowest BCUT2D eigenvalue weighted by Crippen LogP contribution is -2.05. The molecule has 98 valence electrons. The standard InChI is InChI=1S/C15H20O3/c1-10(2)5-4-6-14(16)12-8-7-11(3)13(9-12)15(17)18/h7-10H,4-6H2,1-3H3,(H,17,18). The number of carboxylic acid groups (broad SMARTS) is 1. The molecule has 0 atom stereocenters. The van der Waals surface area contributed by atoms with Gasteiger partial charge in [-0.15, -0.1) is 0 Å². The van der Waals surface area contributed by atoms with Crippen molar-refractivity contribution in [2.24, 2.45) is 5.92 Å². The number of carboxylic acids is 1. The molecule has 0 bridgehead atoms. The van der Waals surface area contributed by atoms with Crippen molar-refractivity contribution in [3.05, 3.63) is 34.9 Å². The summed E-state index contributed by atoms with van der Waals surface area (Å²) in [5.74, 6) is -0.368. The second kappa shape index (κ2) is 6.34. The van der Waals surface area contributed by atoms with Crippen LogP contribution in [0.25, 0.3) is 0 Å². The number of ketones is 1. The van der Waals surface area contributed by atoms with E-state index in [4.69, 9.17) is 5.11 Å². The van der Waals surface area contributed by atoms with Gasteiger partial charge in [-0.25, -0.2) is 4.79 Å². The van der Waals surface area contributed by atoms with Gasteiger partial charge >= 0.3 is 5.97 Å². The maximum Gasteiger partial charge on any atom is 0.335 e. The number of hydrogen-bond donors (Lipinski definition) is 1. The van der Waals surface area contributed by atoms with Crippen LogP contribution in [0.4, 0.5) is 0 Å². The van der Waals surface area contributed by atoms with Crippen LogP contribution in [0.15, 0.2) is 18.2 Å². The van der Waals surface area contributed by atoms with Crippen molar-refractivity contribution in [2.75, 3.05) is 0 Å². The van der Waals surface area contributed by atoms with E-state index in [2.05, 4.69) is 13.8 Å². The summed E-state index contributed by atoms with van der Waals surface area (Å²) in [7, 11) is 0. The van der Waals surface area contributed by atoms with Crippen LogP contribution in [0.5, 0.6) is 0 Å². The molecular weight excluding hydrogens is 228 g/mol. The van der Waals surface area contributed by atoms with E-state index < -0.39 is 5.97 Å². The second-order valence-corrected chi connectivity index (χ2v) is 5.04. The van der Waals surface area contributed by atoms with Crippen molar-refractivity contribution >= 4 is 11.8 Å². The molecule has 1 rings (SSSR count). The number of carbonyl (C=O) groups excluding carboxylic acids is 1. The first-order chi connectivity index (χ1) is 8.41. The molecule has 0 fully saturated rings. The quantitative estimate of drug-likeness (QED) is 0.781. The van der Waals surface area contributed by atoms with Gasteiger partial charge in [0.1, 0.15) is 0 Å². The Morgan fingerprint density at radius 3 is 2.50 bits per heavy atom. The summed E-state index contributed by atoms with van der Waals surface area (Å²) in [5.41, 5.74) is 1.40. The molecule has 0 aliphatic heterocycles. The zero-order valence-corrected chi connectivity index (χ0v) is 11.2. The normalized spacial score (nSPS) is 10.7. The number of rotatable bonds is 6. The number of benzene rings is 1. The Hall–Kier alpha value is -1.64. The molecular formula is C15H20O3. The van der Waals surface area contributed by atoms with E-state index in [9.17, 15) is 9.59 Å². The van der Waals surface area contributed by atoms with Gasteiger partial charge in [0, 0.05) is 12.0 Å². The number of aryl methyl sites for hydroxylation is 1. The monoisotopic (exact) mass is 248 g/mol. The lowest BCUT2D eigenvalue weighted by molar-refractivity contribution is 0.0696. The van der Waals surface area contributed by atoms with E-state index in [1.165, 1.54) is 6.07 Å². The molecule has 0 unspecified atom stereocenters. The molecule has 1 aromatic rings. The smallest absolute Gasteiger partial charge is 0.335 e. The van der Waals surface area contributed by atoms with Crippen molar-refractivity contribution in [3.63, 3.8) is 0 Å². The van der Waals surface area contributed by atoms with Crippen LogP contribution in [0.1, 0.15) is 59.4 Å². The van der Waals surface area contributed by atoms with Crippen molar-refractivity contribution < 1.29 is 14.7 Å². The lowest BCUT2D eigenvalue weighted by atomic mass is 9.98.